The predicted octanol–water partition coefficient (Wildman–Crippen LogP) is 0.780. The molecule has 1 aromatic rings. The zero-order chi connectivity index (χ0) is 15.3. The molecule has 1 heterocycles. The Bertz CT molecular complexity index is 481. The van der Waals surface area contributed by atoms with Crippen LogP contribution in [0.4, 0.5) is 0 Å². The minimum atomic E-state index is -0.963. The molecule has 0 aromatic carbocycles. The molecule has 1 unspecified atom stereocenters. The second-order valence-electron chi connectivity index (χ2n) is 5.38. The number of aryl methyl sites for hydroxylation is 1. The summed E-state index contributed by atoms with van der Waals surface area (Å²) in [6.45, 7) is 9.42. The average molecular weight is 281 g/mol. The van der Waals surface area contributed by atoms with Gasteiger partial charge < -0.3 is 15.2 Å². The molecule has 2 N–H and O–H groups in total. The van der Waals surface area contributed by atoms with E-state index in [1.165, 1.54) is 6.92 Å². The maximum Gasteiger partial charge on any atom is 0.245 e. The molecule has 112 valence electrons. The van der Waals surface area contributed by atoms with Crippen LogP contribution in [0.25, 0.3) is 0 Å². The minimum absolute atomic E-state index is 0.244. The number of carbonyl (C=O) groups is 2. The summed E-state index contributed by atoms with van der Waals surface area (Å²) in [5.41, 5.74) is -0.963. The maximum absolute atomic E-state index is 12.2. The molecular weight excluding hydrogens is 258 g/mol. The van der Waals surface area contributed by atoms with Crippen molar-refractivity contribution in [1.29, 1.82) is 0 Å². The normalized spacial score (nSPS) is 12.8. The van der Waals surface area contributed by atoms with Gasteiger partial charge in [-0.05, 0) is 27.2 Å². The van der Waals surface area contributed by atoms with Crippen LogP contribution in [0.3, 0.4) is 0 Å². The van der Waals surface area contributed by atoms with Crippen LogP contribution in [0.5, 0.6) is 0 Å². The highest BCUT2D eigenvalue weighted by atomic mass is 16.2. The second-order valence-corrected chi connectivity index (χ2v) is 5.38. The Hall–Kier alpha value is -1.92. The Morgan fingerprint density at radius 3 is 2.65 bits per heavy atom. The van der Waals surface area contributed by atoms with Crippen LogP contribution >= 0.6 is 0 Å². The number of rotatable bonds is 6. The molecule has 0 fully saturated rings. The van der Waals surface area contributed by atoms with Gasteiger partial charge in [0.25, 0.3) is 0 Å². The lowest BCUT2D eigenvalue weighted by molar-refractivity contribution is -0.132. The van der Waals surface area contributed by atoms with Gasteiger partial charge in [-0.15, -0.1) is 10.2 Å². The quantitative estimate of drug-likeness (QED) is 0.806. The molecule has 0 saturated carbocycles. The number of carbonyl (C=O) groups excluding carboxylic acids is 2. The highest BCUT2D eigenvalue weighted by Gasteiger charge is 2.30. The zero-order valence-electron chi connectivity index (χ0n) is 12.7. The third-order valence-corrected chi connectivity index (χ3v) is 2.90. The largest absolute Gasteiger partial charge is 0.344 e. The van der Waals surface area contributed by atoms with Crippen molar-refractivity contribution in [2.75, 3.05) is 0 Å². The second kappa shape index (κ2) is 6.49. The molecule has 7 nitrogen and oxygen atoms in total. The Balaban J connectivity index is 2.74. The van der Waals surface area contributed by atoms with Crippen molar-refractivity contribution in [3.63, 3.8) is 0 Å². The molecule has 1 aromatic heterocycles. The first-order chi connectivity index (χ1) is 9.27. The first-order valence-electron chi connectivity index (χ1n) is 6.75. The standard InChI is InChI=1S/C13H23N5O2/c1-6-7-18-8-14-17-11(18)9(2)15-12(20)13(4,5)16-10(3)19/h8-9H,6-7H2,1-5H3,(H,15,20)(H,16,19). The van der Waals surface area contributed by atoms with Gasteiger partial charge in [0.2, 0.25) is 11.8 Å². The Morgan fingerprint density at radius 2 is 2.10 bits per heavy atom. The molecule has 0 bridgehead atoms. The van der Waals surface area contributed by atoms with Crippen molar-refractivity contribution < 1.29 is 9.59 Å². The lowest BCUT2D eigenvalue weighted by Crippen LogP contribution is -2.54. The molecule has 0 saturated heterocycles. The predicted molar refractivity (Wildman–Crippen MR) is 74.8 cm³/mol. The van der Waals surface area contributed by atoms with Gasteiger partial charge in [0.15, 0.2) is 5.82 Å². The van der Waals surface area contributed by atoms with Crippen molar-refractivity contribution in [2.24, 2.45) is 0 Å². The Morgan fingerprint density at radius 1 is 1.45 bits per heavy atom. The molecule has 20 heavy (non-hydrogen) atoms. The van der Waals surface area contributed by atoms with Crippen LogP contribution in [0.1, 0.15) is 52.9 Å². The smallest absolute Gasteiger partial charge is 0.245 e. The molecule has 0 aliphatic rings. The van der Waals surface area contributed by atoms with Crippen LogP contribution in [0, 0.1) is 0 Å². The fourth-order valence-corrected chi connectivity index (χ4v) is 1.95. The summed E-state index contributed by atoms with van der Waals surface area (Å²) in [6, 6.07) is -0.274. The maximum atomic E-state index is 12.2. The van der Waals surface area contributed by atoms with E-state index < -0.39 is 5.54 Å². The lowest BCUT2D eigenvalue weighted by Gasteiger charge is -2.26. The van der Waals surface area contributed by atoms with Crippen LogP contribution in [0.15, 0.2) is 6.33 Å². The van der Waals surface area contributed by atoms with Gasteiger partial charge in [0, 0.05) is 13.5 Å². The van der Waals surface area contributed by atoms with Gasteiger partial charge >= 0.3 is 0 Å². The highest BCUT2D eigenvalue weighted by molar-refractivity contribution is 5.90. The number of hydrogen-bond donors (Lipinski definition) is 2. The third kappa shape index (κ3) is 4.04. The van der Waals surface area contributed by atoms with E-state index in [9.17, 15) is 9.59 Å². The molecule has 2 amide bonds. The van der Waals surface area contributed by atoms with Gasteiger partial charge in [-0.2, -0.15) is 0 Å². The summed E-state index contributed by atoms with van der Waals surface area (Å²) in [5, 5.41) is 13.4. The van der Waals surface area contributed by atoms with Crippen LogP contribution in [-0.4, -0.2) is 32.1 Å². The molecular formula is C13H23N5O2. The summed E-state index contributed by atoms with van der Waals surface area (Å²) < 4.78 is 1.91. The Kier molecular flexibility index (Phi) is 5.24. The molecule has 1 rings (SSSR count). The van der Waals surface area contributed by atoms with Gasteiger partial charge in [0.05, 0.1) is 6.04 Å². The summed E-state index contributed by atoms with van der Waals surface area (Å²) in [6.07, 6.45) is 2.61. The van der Waals surface area contributed by atoms with Crippen molar-refractivity contribution in [3.05, 3.63) is 12.2 Å². The topological polar surface area (TPSA) is 88.9 Å². The van der Waals surface area contributed by atoms with Crippen LogP contribution in [0.2, 0.25) is 0 Å². The van der Waals surface area contributed by atoms with E-state index in [0.29, 0.717) is 5.82 Å². The summed E-state index contributed by atoms with van der Waals surface area (Å²) in [7, 11) is 0. The van der Waals surface area contributed by atoms with Gasteiger partial charge in [-0.1, -0.05) is 6.92 Å². The van der Waals surface area contributed by atoms with Crippen molar-refractivity contribution >= 4 is 11.8 Å². The SMILES string of the molecule is CCCn1cnnc1C(C)NC(=O)C(C)(C)NC(C)=O. The summed E-state index contributed by atoms with van der Waals surface area (Å²) in [5.74, 6) is 0.206. The van der Waals surface area contributed by atoms with E-state index in [1.807, 2.05) is 11.5 Å². The van der Waals surface area contributed by atoms with Crippen molar-refractivity contribution in [1.82, 2.24) is 25.4 Å². The molecule has 1 atom stereocenters. The van der Waals surface area contributed by atoms with Gasteiger partial charge in [-0.3, -0.25) is 9.59 Å². The molecule has 0 spiro atoms. The first-order valence-corrected chi connectivity index (χ1v) is 6.75. The van der Waals surface area contributed by atoms with Crippen molar-refractivity contribution in [2.45, 2.75) is 59.2 Å². The summed E-state index contributed by atoms with van der Waals surface area (Å²) in [4.78, 5) is 23.3. The number of nitrogens with one attached hydrogen (secondary N) is 2. The van der Waals surface area contributed by atoms with E-state index in [0.717, 1.165) is 13.0 Å². The third-order valence-electron chi connectivity index (χ3n) is 2.90. The first kappa shape index (κ1) is 16.1. The monoisotopic (exact) mass is 281 g/mol. The number of nitrogens with zero attached hydrogens (tertiary/aromatic N) is 3. The molecule has 7 heteroatoms. The lowest BCUT2D eigenvalue weighted by atomic mass is 10.0. The number of amides is 2. The van der Waals surface area contributed by atoms with Crippen LogP contribution in [-0.2, 0) is 16.1 Å². The fraction of sp³-hybridized carbons (Fsp3) is 0.692. The van der Waals surface area contributed by atoms with Crippen LogP contribution < -0.4 is 10.6 Å². The fourth-order valence-electron chi connectivity index (χ4n) is 1.95. The molecule has 0 aliphatic carbocycles. The van der Waals surface area contributed by atoms with E-state index in [-0.39, 0.29) is 17.9 Å². The zero-order valence-corrected chi connectivity index (χ0v) is 12.7. The van der Waals surface area contributed by atoms with E-state index in [1.54, 1.807) is 20.2 Å². The van der Waals surface area contributed by atoms with Gasteiger partial charge in [-0.25, -0.2) is 0 Å². The van der Waals surface area contributed by atoms with E-state index in [4.69, 9.17) is 0 Å². The number of hydrogen-bond acceptors (Lipinski definition) is 4. The number of aromatic nitrogens is 3. The molecule has 0 radical (unpaired) electrons. The van der Waals surface area contributed by atoms with Gasteiger partial charge in [0.1, 0.15) is 11.9 Å². The average Bonchev–Trinajstić information content (AvgIpc) is 2.75. The Labute approximate surface area is 119 Å². The summed E-state index contributed by atoms with van der Waals surface area (Å²) >= 11 is 0. The highest BCUT2D eigenvalue weighted by Crippen LogP contribution is 2.12. The minimum Gasteiger partial charge on any atom is -0.344 e. The van der Waals surface area contributed by atoms with E-state index >= 15 is 0 Å². The van der Waals surface area contributed by atoms with Crippen molar-refractivity contribution in [3.8, 4) is 0 Å². The molecule has 0 aliphatic heterocycles. The van der Waals surface area contributed by atoms with E-state index in [2.05, 4.69) is 27.8 Å².